The third-order valence-corrected chi connectivity index (χ3v) is 6.75. The zero-order chi connectivity index (χ0) is 23.2. The quantitative estimate of drug-likeness (QED) is 0.277. The van der Waals surface area contributed by atoms with Crippen LogP contribution in [0.2, 0.25) is 0 Å². The smallest absolute Gasteiger partial charge is 0.262 e. The van der Waals surface area contributed by atoms with E-state index in [1.165, 1.54) is 11.8 Å². The van der Waals surface area contributed by atoms with Crippen molar-refractivity contribution < 1.29 is 19.0 Å². The summed E-state index contributed by atoms with van der Waals surface area (Å²) in [5.74, 6) is 1.01. The second-order valence-electron chi connectivity index (χ2n) is 7.61. The lowest BCUT2D eigenvalue weighted by Gasteiger charge is -2.18. The number of nitrogens with one attached hydrogen (secondary N) is 1. The van der Waals surface area contributed by atoms with E-state index < -0.39 is 0 Å². The number of nitrogens with zero attached hydrogens (tertiary/aromatic N) is 2. The van der Waals surface area contributed by atoms with Crippen LogP contribution in [0.1, 0.15) is 18.9 Å². The van der Waals surface area contributed by atoms with Gasteiger partial charge in [-0.25, -0.2) is 4.98 Å². The molecule has 1 aliphatic rings. The van der Waals surface area contributed by atoms with E-state index in [9.17, 15) is 9.59 Å². The molecule has 2 aromatic carbocycles. The summed E-state index contributed by atoms with van der Waals surface area (Å²) in [5, 5.41) is 3.47. The summed E-state index contributed by atoms with van der Waals surface area (Å²) >= 11 is 1.31. The van der Waals surface area contributed by atoms with Gasteiger partial charge in [0.2, 0.25) is 12.7 Å². The third kappa shape index (κ3) is 5.31. The summed E-state index contributed by atoms with van der Waals surface area (Å²) < 4.78 is 17.6. The van der Waals surface area contributed by atoms with Crippen LogP contribution >= 0.6 is 11.8 Å². The van der Waals surface area contributed by atoms with Crippen LogP contribution in [0.15, 0.2) is 52.4 Å². The predicted octanol–water partition coefficient (Wildman–Crippen LogP) is 3.00. The highest BCUT2D eigenvalue weighted by molar-refractivity contribution is 8.00. The Balaban J connectivity index is 1.69. The number of carbonyl (C=O) groups is 1. The average Bonchev–Trinajstić information content (AvgIpc) is 3.29. The average molecular weight is 470 g/mol. The molecule has 0 spiro atoms. The topological polar surface area (TPSA) is 91.7 Å². The van der Waals surface area contributed by atoms with Gasteiger partial charge in [-0.1, -0.05) is 49.0 Å². The van der Waals surface area contributed by atoms with Crippen LogP contribution in [0, 0.1) is 0 Å². The minimum absolute atomic E-state index is 0.103. The second-order valence-corrected chi connectivity index (χ2v) is 8.78. The molecule has 9 heteroatoms. The lowest BCUT2D eigenvalue weighted by atomic mass is 10.1. The highest BCUT2D eigenvalue weighted by Gasteiger charge is 2.23. The Labute approximate surface area is 196 Å². The largest absolute Gasteiger partial charge is 0.454 e. The van der Waals surface area contributed by atoms with E-state index in [1.807, 2.05) is 37.3 Å². The van der Waals surface area contributed by atoms with Gasteiger partial charge < -0.3 is 19.5 Å². The molecule has 0 bridgehead atoms. The molecule has 4 rings (SSSR count). The van der Waals surface area contributed by atoms with Crippen LogP contribution in [0.3, 0.4) is 0 Å². The molecule has 0 radical (unpaired) electrons. The molecule has 1 N–H and O–H groups in total. The lowest BCUT2D eigenvalue weighted by molar-refractivity contribution is -0.120. The fraction of sp³-hybridized carbons (Fsp3) is 0.375. The third-order valence-electron chi connectivity index (χ3n) is 5.40. The summed E-state index contributed by atoms with van der Waals surface area (Å²) in [4.78, 5) is 31.0. The number of hydrogen-bond acceptors (Lipinski definition) is 7. The lowest BCUT2D eigenvalue weighted by Crippen LogP contribution is -2.35. The van der Waals surface area contributed by atoms with Gasteiger partial charge in [0.15, 0.2) is 16.7 Å². The van der Waals surface area contributed by atoms with Crippen molar-refractivity contribution in [3.63, 3.8) is 0 Å². The minimum atomic E-state index is -0.386. The Morgan fingerprint density at radius 2 is 2.00 bits per heavy atom. The maximum Gasteiger partial charge on any atom is 0.262 e. The van der Waals surface area contributed by atoms with Gasteiger partial charge in [0.1, 0.15) is 0 Å². The van der Waals surface area contributed by atoms with Crippen LogP contribution in [0.4, 0.5) is 0 Å². The number of rotatable bonds is 10. The van der Waals surface area contributed by atoms with Crippen molar-refractivity contribution in [1.82, 2.24) is 14.9 Å². The number of aryl methyl sites for hydroxylation is 1. The minimum Gasteiger partial charge on any atom is -0.454 e. The molecule has 0 unspecified atom stereocenters. The maximum absolute atomic E-state index is 13.5. The van der Waals surface area contributed by atoms with E-state index in [0.717, 1.165) is 5.56 Å². The molecule has 1 aromatic heterocycles. The van der Waals surface area contributed by atoms with Gasteiger partial charge in [-0.2, -0.15) is 0 Å². The molecule has 33 heavy (non-hydrogen) atoms. The number of hydrogen-bond donors (Lipinski definition) is 1. The van der Waals surface area contributed by atoms with E-state index in [2.05, 4.69) is 5.32 Å². The Hall–Kier alpha value is -3.04. The van der Waals surface area contributed by atoms with E-state index in [4.69, 9.17) is 19.2 Å². The molecule has 8 nitrogen and oxygen atoms in total. The molecule has 1 amide bonds. The van der Waals surface area contributed by atoms with E-state index in [-0.39, 0.29) is 23.5 Å². The number of aromatic nitrogens is 2. The molecular weight excluding hydrogens is 442 g/mol. The maximum atomic E-state index is 13.5. The van der Waals surface area contributed by atoms with Crippen LogP contribution < -0.4 is 20.3 Å². The first kappa shape index (κ1) is 23.1. The molecule has 0 fully saturated rings. The Kier molecular flexibility index (Phi) is 7.51. The van der Waals surface area contributed by atoms with Crippen molar-refractivity contribution in [2.45, 2.75) is 36.7 Å². The number of methoxy groups -OCH3 is 1. The molecule has 2 heterocycles. The summed E-state index contributed by atoms with van der Waals surface area (Å²) in [7, 11) is 1.59. The highest BCUT2D eigenvalue weighted by atomic mass is 32.2. The molecule has 1 aliphatic heterocycles. The normalized spacial score (nSPS) is 13.3. The van der Waals surface area contributed by atoms with Crippen molar-refractivity contribution in [3.05, 3.63) is 58.4 Å². The predicted molar refractivity (Wildman–Crippen MR) is 127 cm³/mol. The highest BCUT2D eigenvalue weighted by Crippen LogP contribution is 2.35. The van der Waals surface area contributed by atoms with Crippen molar-refractivity contribution >= 4 is 28.6 Å². The summed E-state index contributed by atoms with van der Waals surface area (Å²) in [6, 6.07) is 13.4. The Bertz CT molecular complexity index is 1180. The summed E-state index contributed by atoms with van der Waals surface area (Å²) in [5.41, 5.74) is 1.49. The number of carbonyl (C=O) groups excluding carboxylic acids is 1. The van der Waals surface area contributed by atoms with Gasteiger partial charge in [-0.3, -0.25) is 14.2 Å². The number of thioether (sulfide) groups is 1. The first-order valence-corrected chi connectivity index (χ1v) is 11.8. The van der Waals surface area contributed by atoms with Crippen molar-refractivity contribution in [3.8, 4) is 11.5 Å². The second kappa shape index (κ2) is 10.7. The van der Waals surface area contributed by atoms with E-state index in [1.54, 1.807) is 23.8 Å². The van der Waals surface area contributed by atoms with Crippen LogP contribution in [0.25, 0.3) is 10.9 Å². The molecule has 0 aliphatic carbocycles. The van der Waals surface area contributed by atoms with Gasteiger partial charge in [0.05, 0.1) is 22.8 Å². The zero-order valence-corrected chi connectivity index (χ0v) is 19.5. The fourth-order valence-electron chi connectivity index (χ4n) is 3.60. The number of fused-ring (bicyclic) bond motifs is 2. The first-order chi connectivity index (χ1) is 16.1. The van der Waals surface area contributed by atoms with Crippen LogP contribution in [-0.2, 0) is 22.5 Å². The fourth-order valence-corrected chi connectivity index (χ4v) is 4.67. The van der Waals surface area contributed by atoms with Gasteiger partial charge >= 0.3 is 0 Å². The monoisotopic (exact) mass is 469 g/mol. The zero-order valence-electron chi connectivity index (χ0n) is 18.7. The van der Waals surface area contributed by atoms with Crippen molar-refractivity contribution in [2.75, 3.05) is 27.1 Å². The van der Waals surface area contributed by atoms with Gasteiger partial charge in [-0.05, 0) is 24.5 Å². The van der Waals surface area contributed by atoms with Gasteiger partial charge in [-0.15, -0.1) is 0 Å². The van der Waals surface area contributed by atoms with E-state index >= 15 is 0 Å². The molecule has 0 saturated carbocycles. The SMILES string of the molecule is CC[C@@H](Sc1nc2cc3c(cc2c(=O)n1CCc1ccccc1)OCO3)C(=O)NCCOC. The van der Waals surface area contributed by atoms with Gasteiger partial charge in [0.25, 0.3) is 5.56 Å². The molecule has 1 atom stereocenters. The number of ether oxygens (including phenoxy) is 3. The van der Waals surface area contributed by atoms with Gasteiger partial charge in [0, 0.05) is 26.3 Å². The van der Waals surface area contributed by atoms with E-state index in [0.29, 0.717) is 60.1 Å². The van der Waals surface area contributed by atoms with Crippen LogP contribution in [-0.4, -0.2) is 47.8 Å². The van der Waals surface area contributed by atoms with Crippen molar-refractivity contribution in [1.29, 1.82) is 0 Å². The molecular formula is C24H27N3O5S. The standard InChI is InChI=1S/C24H27N3O5S/c1-3-21(22(28)25-10-12-30-2)33-24-26-18-14-20-19(31-15-32-20)13-17(18)23(29)27(24)11-9-16-7-5-4-6-8-16/h4-8,13-14,21H,3,9-12,15H2,1-2H3,(H,25,28)/t21-/m1/s1. The Morgan fingerprint density at radius 1 is 1.24 bits per heavy atom. The number of benzene rings is 2. The Morgan fingerprint density at radius 3 is 2.73 bits per heavy atom. The van der Waals surface area contributed by atoms with Crippen molar-refractivity contribution in [2.24, 2.45) is 0 Å². The van der Waals surface area contributed by atoms with Crippen LogP contribution in [0.5, 0.6) is 11.5 Å². The molecule has 174 valence electrons. The summed E-state index contributed by atoms with van der Waals surface area (Å²) in [6.45, 7) is 3.39. The molecule has 3 aromatic rings. The number of amides is 1. The molecule has 0 saturated heterocycles. The first-order valence-electron chi connectivity index (χ1n) is 10.9. The summed E-state index contributed by atoms with van der Waals surface area (Å²) in [6.07, 6.45) is 1.26.